The number of carboxylic acid groups (broad SMARTS) is 1. The Morgan fingerprint density at radius 1 is 1.05 bits per heavy atom. The molecule has 0 bridgehead atoms. The molecule has 0 fully saturated rings. The second kappa shape index (κ2) is 4.45. The van der Waals surface area contributed by atoms with Crippen LogP contribution >= 0.6 is 0 Å². The molecule has 2 aromatic rings. The van der Waals surface area contributed by atoms with Gasteiger partial charge in [0, 0.05) is 11.1 Å². The summed E-state index contributed by atoms with van der Waals surface area (Å²) in [6.45, 7) is 0. The number of aromatic nitrogens is 1. The summed E-state index contributed by atoms with van der Waals surface area (Å²) in [5.41, 5.74) is 1.90. The number of nitrogens with zero attached hydrogens (tertiary/aromatic N) is 1. The number of carbonyl (C=O) groups is 1. The van der Waals surface area contributed by atoms with E-state index in [4.69, 9.17) is 5.11 Å². The number of allylic oxidation sites excluding steroid dienone is 2. The van der Waals surface area contributed by atoms with Gasteiger partial charge in [0.25, 0.3) is 0 Å². The van der Waals surface area contributed by atoms with Gasteiger partial charge in [0.15, 0.2) is 0 Å². The Balaban J connectivity index is 2.18. The second-order valence-corrected chi connectivity index (χ2v) is 4.67. The number of rotatable bonds is 2. The van der Waals surface area contributed by atoms with Gasteiger partial charge in [-0.05, 0) is 31.0 Å². The third-order valence-electron chi connectivity index (χ3n) is 3.49. The van der Waals surface area contributed by atoms with Crippen LogP contribution in [-0.2, 0) is 12.8 Å². The van der Waals surface area contributed by atoms with Crippen molar-refractivity contribution < 1.29 is 20.1 Å². The largest absolute Gasteiger partial charge is 0.494 e. The lowest BCUT2D eigenvalue weighted by molar-refractivity contribution is 0.0696. The van der Waals surface area contributed by atoms with Gasteiger partial charge in [0.05, 0.1) is 11.3 Å². The molecule has 0 saturated carbocycles. The molecule has 1 aliphatic rings. The smallest absolute Gasteiger partial charge is 0.335 e. The molecule has 0 spiro atoms. The lowest BCUT2D eigenvalue weighted by Crippen LogP contribution is -1.99. The molecular weight excluding hydrogens is 258 g/mol. The summed E-state index contributed by atoms with van der Waals surface area (Å²) in [5.74, 6) is -1.13. The Hall–Kier alpha value is -2.69. The Bertz CT molecular complexity index is 696. The van der Waals surface area contributed by atoms with Crippen molar-refractivity contribution >= 4 is 5.97 Å². The zero-order valence-electron chi connectivity index (χ0n) is 10.6. The van der Waals surface area contributed by atoms with Gasteiger partial charge < -0.3 is 15.3 Å². The van der Waals surface area contributed by atoms with E-state index in [1.54, 1.807) is 12.1 Å². The molecule has 20 heavy (non-hydrogen) atoms. The first-order chi connectivity index (χ1) is 9.59. The minimum absolute atomic E-state index is 0.0376. The number of hydrogen-bond acceptors (Lipinski definition) is 3. The second-order valence-electron chi connectivity index (χ2n) is 4.67. The summed E-state index contributed by atoms with van der Waals surface area (Å²) in [4.78, 5) is 11.0. The molecule has 0 atom stereocenters. The fourth-order valence-corrected chi connectivity index (χ4v) is 2.49. The molecule has 0 radical (unpaired) electrons. The van der Waals surface area contributed by atoms with Gasteiger partial charge in [-0.1, -0.05) is 18.2 Å². The highest BCUT2D eigenvalue weighted by Gasteiger charge is 2.23. The summed E-state index contributed by atoms with van der Waals surface area (Å²) in [6, 6.07) is 6.10. The number of aromatic carboxylic acids is 1. The fraction of sp³-hybridized carbons (Fsp3) is 0.133. The highest BCUT2D eigenvalue weighted by molar-refractivity contribution is 5.88. The molecular formula is C15H13NO4. The summed E-state index contributed by atoms with van der Waals surface area (Å²) in [7, 11) is 0. The first kappa shape index (κ1) is 12.3. The van der Waals surface area contributed by atoms with Crippen molar-refractivity contribution in [3.05, 3.63) is 53.1 Å². The van der Waals surface area contributed by atoms with E-state index in [2.05, 4.69) is 0 Å². The maximum absolute atomic E-state index is 11.0. The van der Waals surface area contributed by atoms with Gasteiger partial charge in [-0.25, -0.2) is 4.79 Å². The van der Waals surface area contributed by atoms with Crippen LogP contribution in [0.2, 0.25) is 0 Å². The molecule has 1 aliphatic carbocycles. The Kier molecular flexibility index (Phi) is 2.75. The third-order valence-corrected chi connectivity index (χ3v) is 3.49. The molecule has 102 valence electrons. The molecule has 1 heterocycles. The Morgan fingerprint density at radius 2 is 1.65 bits per heavy atom. The normalized spacial score (nSPS) is 13.2. The molecule has 0 unspecified atom stereocenters. The van der Waals surface area contributed by atoms with Crippen LogP contribution in [0, 0.1) is 0 Å². The maximum Gasteiger partial charge on any atom is 0.335 e. The number of hydrogen-bond donors (Lipinski definition) is 3. The number of benzene rings is 1. The first-order valence-corrected chi connectivity index (χ1v) is 6.22. The topological polar surface area (TPSA) is 82.7 Å². The van der Waals surface area contributed by atoms with Crippen molar-refractivity contribution in [2.45, 2.75) is 12.8 Å². The van der Waals surface area contributed by atoms with Crippen LogP contribution in [0.4, 0.5) is 0 Å². The summed E-state index contributed by atoms with van der Waals surface area (Å²) in [5, 5.41) is 29.5. The van der Waals surface area contributed by atoms with Crippen LogP contribution in [0.15, 0.2) is 36.4 Å². The average Bonchev–Trinajstić information content (AvgIpc) is 2.72. The van der Waals surface area contributed by atoms with Crippen LogP contribution < -0.4 is 0 Å². The third kappa shape index (κ3) is 1.75. The number of aromatic hydroxyl groups is 2. The molecule has 1 aromatic carbocycles. The summed E-state index contributed by atoms with van der Waals surface area (Å²) >= 11 is 0. The first-order valence-electron chi connectivity index (χ1n) is 6.22. The van der Waals surface area contributed by atoms with Crippen molar-refractivity contribution in [1.82, 2.24) is 4.57 Å². The minimum Gasteiger partial charge on any atom is -0.494 e. The van der Waals surface area contributed by atoms with Crippen LogP contribution in [0.25, 0.3) is 5.69 Å². The molecule has 0 aliphatic heterocycles. The van der Waals surface area contributed by atoms with E-state index in [-0.39, 0.29) is 17.3 Å². The van der Waals surface area contributed by atoms with Crippen LogP contribution in [0.3, 0.4) is 0 Å². The standard InChI is InChI=1S/C15H13NO4/c17-13-11-6-1-2-7-12(11)14(18)16(13)10-5-3-4-9(8-10)15(19)20/h1-5,8,17-18H,6-7H2,(H,19,20). The van der Waals surface area contributed by atoms with Crippen LogP contribution in [0.1, 0.15) is 21.5 Å². The van der Waals surface area contributed by atoms with Gasteiger partial charge in [-0.15, -0.1) is 0 Å². The lowest BCUT2D eigenvalue weighted by atomic mass is 10.0. The van der Waals surface area contributed by atoms with Gasteiger partial charge in [0.1, 0.15) is 0 Å². The van der Waals surface area contributed by atoms with Crippen molar-refractivity contribution in [2.24, 2.45) is 0 Å². The van der Waals surface area contributed by atoms with E-state index >= 15 is 0 Å². The Morgan fingerprint density at radius 3 is 2.20 bits per heavy atom. The van der Waals surface area contributed by atoms with Crippen molar-refractivity contribution in [3.8, 4) is 17.4 Å². The van der Waals surface area contributed by atoms with E-state index in [0.717, 1.165) is 0 Å². The molecule has 3 rings (SSSR count). The van der Waals surface area contributed by atoms with Gasteiger partial charge in [-0.2, -0.15) is 0 Å². The van der Waals surface area contributed by atoms with E-state index in [0.29, 0.717) is 29.7 Å². The number of fused-ring (bicyclic) bond motifs is 1. The fourth-order valence-electron chi connectivity index (χ4n) is 2.49. The summed E-state index contributed by atoms with van der Waals surface area (Å²) < 4.78 is 1.28. The monoisotopic (exact) mass is 271 g/mol. The molecule has 0 amide bonds. The molecule has 3 N–H and O–H groups in total. The average molecular weight is 271 g/mol. The van der Waals surface area contributed by atoms with Crippen molar-refractivity contribution in [2.75, 3.05) is 0 Å². The van der Waals surface area contributed by atoms with E-state index in [1.807, 2.05) is 12.2 Å². The lowest BCUT2D eigenvalue weighted by Gasteiger charge is -2.08. The minimum atomic E-state index is -1.05. The molecule has 5 nitrogen and oxygen atoms in total. The van der Waals surface area contributed by atoms with Crippen molar-refractivity contribution in [3.63, 3.8) is 0 Å². The van der Waals surface area contributed by atoms with Gasteiger partial charge in [-0.3, -0.25) is 4.57 Å². The Labute approximate surface area is 115 Å². The van der Waals surface area contributed by atoms with E-state index < -0.39 is 5.97 Å². The highest BCUT2D eigenvalue weighted by atomic mass is 16.4. The summed E-state index contributed by atoms with van der Waals surface area (Å²) in [6.07, 6.45) is 4.97. The van der Waals surface area contributed by atoms with E-state index in [9.17, 15) is 15.0 Å². The highest BCUT2D eigenvalue weighted by Crippen LogP contribution is 2.39. The zero-order chi connectivity index (χ0) is 14.3. The van der Waals surface area contributed by atoms with E-state index in [1.165, 1.54) is 16.7 Å². The quantitative estimate of drug-likeness (QED) is 0.731. The predicted octanol–water partition coefficient (Wildman–Crippen LogP) is 2.24. The van der Waals surface area contributed by atoms with Gasteiger partial charge >= 0.3 is 5.97 Å². The van der Waals surface area contributed by atoms with Crippen LogP contribution in [-0.4, -0.2) is 25.9 Å². The van der Waals surface area contributed by atoms with Gasteiger partial charge in [0.2, 0.25) is 11.8 Å². The number of carboxylic acids is 1. The molecule has 1 aromatic heterocycles. The maximum atomic E-state index is 11.0. The SMILES string of the molecule is O=C(O)c1cccc(-n2c(O)c3c(c2O)CC=CC3)c1. The van der Waals surface area contributed by atoms with Crippen molar-refractivity contribution in [1.29, 1.82) is 0 Å². The predicted molar refractivity (Wildman–Crippen MR) is 72.6 cm³/mol. The zero-order valence-corrected chi connectivity index (χ0v) is 10.6. The molecule has 0 saturated heterocycles. The molecule has 5 heteroatoms. The van der Waals surface area contributed by atoms with Crippen LogP contribution in [0.5, 0.6) is 11.8 Å².